The molecule has 108 valence electrons. The van der Waals surface area contributed by atoms with Gasteiger partial charge >= 0.3 is 0 Å². The van der Waals surface area contributed by atoms with E-state index in [0.717, 1.165) is 19.6 Å². The van der Waals surface area contributed by atoms with Gasteiger partial charge in [0, 0.05) is 13.1 Å². The number of ether oxygens (including phenoxy) is 1. The molecule has 0 spiro atoms. The number of amides is 1. The molecule has 1 aromatic carbocycles. The van der Waals surface area contributed by atoms with Crippen molar-refractivity contribution in [2.45, 2.75) is 13.8 Å². The van der Waals surface area contributed by atoms with Gasteiger partial charge in [0.1, 0.15) is 5.75 Å². The molecule has 0 aliphatic carbocycles. The van der Waals surface area contributed by atoms with Gasteiger partial charge in [-0.3, -0.25) is 4.79 Å². The Hall–Kier alpha value is -2.06. The van der Waals surface area contributed by atoms with Crippen LogP contribution in [0.1, 0.15) is 19.4 Å². The number of nitriles is 1. The van der Waals surface area contributed by atoms with Crippen LogP contribution in [-0.4, -0.2) is 43.6 Å². The van der Waals surface area contributed by atoms with Crippen molar-refractivity contribution in [1.82, 2.24) is 10.2 Å². The van der Waals surface area contributed by atoms with E-state index in [1.165, 1.54) is 0 Å². The van der Waals surface area contributed by atoms with Crippen LogP contribution < -0.4 is 10.1 Å². The van der Waals surface area contributed by atoms with Gasteiger partial charge < -0.3 is 15.0 Å². The topological polar surface area (TPSA) is 65.4 Å². The Morgan fingerprint density at radius 3 is 2.50 bits per heavy atom. The third-order valence-corrected chi connectivity index (χ3v) is 3.00. The van der Waals surface area contributed by atoms with E-state index in [9.17, 15) is 4.79 Å². The van der Waals surface area contributed by atoms with E-state index in [4.69, 9.17) is 10.00 Å². The van der Waals surface area contributed by atoms with Crippen LogP contribution >= 0.6 is 0 Å². The van der Waals surface area contributed by atoms with Crippen LogP contribution in [0.5, 0.6) is 5.75 Å². The third-order valence-electron chi connectivity index (χ3n) is 3.00. The summed E-state index contributed by atoms with van der Waals surface area (Å²) in [5.74, 6) is 0.449. The minimum absolute atomic E-state index is 0.00977. The molecule has 0 saturated carbocycles. The first-order valence-electron chi connectivity index (χ1n) is 6.81. The van der Waals surface area contributed by atoms with Crippen LogP contribution in [0.2, 0.25) is 0 Å². The average Bonchev–Trinajstić information content (AvgIpc) is 2.50. The Labute approximate surface area is 120 Å². The van der Waals surface area contributed by atoms with Crippen LogP contribution in [-0.2, 0) is 4.79 Å². The van der Waals surface area contributed by atoms with Gasteiger partial charge in [0.05, 0.1) is 11.6 Å². The summed E-state index contributed by atoms with van der Waals surface area (Å²) >= 11 is 0. The normalized spacial score (nSPS) is 10.1. The molecule has 0 aliphatic heterocycles. The van der Waals surface area contributed by atoms with Gasteiger partial charge in [0.2, 0.25) is 0 Å². The number of nitrogens with zero attached hydrogens (tertiary/aromatic N) is 2. The van der Waals surface area contributed by atoms with E-state index in [1.807, 2.05) is 6.07 Å². The maximum absolute atomic E-state index is 11.6. The molecule has 0 fully saturated rings. The number of benzene rings is 1. The van der Waals surface area contributed by atoms with E-state index in [2.05, 4.69) is 24.1 Å². The number of rotatable bonds is 8. The number of hydrogen-bond acceptors (Lipinski definition) is 4. The van der Waals surface area contributed by atoms with E-state index in [0.29, 0.717) is 17.9 Å². The van der Waals surface area contributed by atoms with E-state index in [-0.39, 0.29) is 12.5 Å². The van der Waals surface area contributed by atoms with Crippen molar-refractivity contribution in [3.63, 3.8) is 0 Å². The predicted octanol–water partition coefficient (Wildman–Crippen LogP) is 1.40. The summed E-state index contributed by atoms with van der Waals surface area (Å²) in [6, 6.07) is 8.71. The second-order valence-corrected chi connectivity index (χ2v) is 4.30. The molecule has 0 saturated heterocycles. The number of likely N-dealkylation sites (N-methyl/N-ethyl adjacent to an activating group) is 1. The first kappa shape index (κ1) is 16.0. The lowest BCUT2D eigenvalue weighted by molar-refractivity contribution is -0.123. The molecular weight excluding hydrogens is 254 g/mol. The summed E-state index contributed by atoms with van der Waals surface area (Å²) in [6.07, 6.45) is 0. The minimum Gasteiger partial charge on any atom is -0.484 e. The third kappa shape index (κ3) is 5.72. The van der Waals surface area contributed by atoms with Gasteiger partial charge in [-0.15, -0.1) is 0 Å². The summed E-state index contributed by atoms with van der Waals surface area (Å²) in [4.78, 5) is 13.8. The number of carbonyl (C=O) groups is 1. The quantitative estimate of drug-likeness (QED) is 0.778. The second-order valence-electron chi connectivity index (χ2n) is 4.30. The first-order chi connectivity index (χ1) is 9.69. The summed E-state index contributed by atoms with van der Waals surface area (Å²) in [5, 5.41) is 11.5. The van der Waals surface area contributed by atoms with E-state index in [1.54, 1.807) is 24.3 Å². The lowest BCUT2D eigenvalue weighted by atomic mass is 10.2. The fraction of sp³-hybridized carbons (Fsp3) is 0.467. The van der Waals surface area contributed by atoms with Crippen molar-refractivity contribution in [3.05, 3.63) is 29.8 Å². The molecule has 0 radical (unpaired) electrons. The summed E-state index contributed by atoms with van der Waals surface area (Å²) in [5.41, 5.74) is 0.570. The molecule has 0 atom stereocenters. The fourth-order valence-corrected chi connectivity index (χ4v) is 1.72. The highest BCUT2D eigenvalue weighted by atomic mass is 16.5. The first-order valence-corrected chi connectivity index (χ1v) is 6.81. The molecule has 5 nitrogen and oxygen atoms in total. The van der Waals surface area contributed by atoms with Crippen molar-refractivity contribution >= 4 is 5.91 Å². The Morgan fingerprint density at radius 1 is 1.30 bits per heavy atom. The Bertz CT molecular complexity index is 447. The SMILES string of the molecule is CCN(CC)CCNC(=O)COc1ccc(C#N)cc1. The summed E-state index contributed by atoms with van der Waals surface area (Å²) < 4.78 is 5.34. The monoisotopic (exact) mass is 275 g/mol. The van der Waals surface area contributed by atoms with Crippen LogP contribution in [0.3, 0.4) is 0 Å². The van der Waals surface area contributed by atoms with Crippen LogP contribution in [0.25, 0.3) is 0 Å². The van der Waals surface area contributed by atoms with Crippen molar-refractivity contribution in [2.24, 2.45) is 0 Å². The Morgan fingerprint density at radius 2 is 1.95 bits per heavy atom. The number of carbonyl (C=O) groups excluding carboxylic acids is 1. The molecule has 0 heterocycles. The predicted molar refractivity (Wildman–Crippen MR) is 77.4 cm³/mol. The zero-order valence-electron chi connectivity index (χ0n) is 12.1. The van der Waals surface area contributed by atoms with Crippen LogP contribution in [0.15, 0.2) is 24.3 Å². The molecule has 0 aromatic heterocycles. The molecule has 0 aliphatic rings. The van der Waals surface area contributed by atoms with Crippen molar-refractivity contribution < 1.29 is 9.53 Å². The molecular formula is C15H21N3O2. The molecule has 0 bridgehead atoms. The lowest BCUT2D eigenvalue weighted by Crippen LogP contribution is -2.36. The van der Waals surface area contributed by atoms with Crippen LogP contribution in [0.4, 0.5) is 0 Å². The lowest BCUT2D eigenvalue weighted by Gasteiger charge is -2.17. The smallest absolute Gasteiger partial charge is 0.257 e. The average molecular weight is 275 g/mol. The van der Waals surface area contributed by atoms with Gasteiger partial charge in [-0.05, 0) is 37.4 Å². The molecule has 5 heteroatoms. The van der Waals surface area contributed by atoms with Gasteiger partial charge in [0.25, 0.3) is 5.91 Å². The number of nitrogens with one attached hydrogen (secondary N) is 1. The zero-order chi connectivity index (χ0) is 14.8. The maximum atomic E-state index is 11.6. The highest BCUT2D eigenvalue weighted by Crippen LogP contribution is 2.10. The second kappa shape index (κ2) is 8.94. The molecule has 1 aromatic rings. The zero-order valence-corrected chi connectivity index (χ0v) is 12.1. The van der Waals surface area contributed by atoms with Gasteiger partial charge in [-0.2, -0.15) is 5.26 Å². The molecule has 20 heavy (non-hydrogen) atoms. The van der Waals surface area contributed by atoms with E-state index >= 15 is 0 Å². The molecule has 0 unspecified atom stereocenters. The van der Waals surface area contributed by atoms with Crippen molar-refractivity contribution in [1.29, 1.82) is 5.26 Å². The maximum Gasteiger partial charge on any atom is 0.257 e. The molecule has 1 N–H and O–H groups in total. The Kier molecular flexibility index (Phi) is 7.15. The largest absolute Gasteiger partial charge is 0.484 e. The minimum atomic E-state index is -0.137. The van der Waals surface area contributed by atoms with Gasteiger partial charge in [0.15, 0.2) is 6.61 Å². The Balaban J connectivity index is 2.24. The number of hydrogen-bond donors (Lipinski definition) is 1. The van der Waals surface area contributed by atoms with E-state index < -0.39 is 0 Å². The van der Waals surface area contributed by atoms with Crippen LogP contribution in [0, 0.1) is 11.3 Å². The fourth-order valence-electron chi connectivity index (χ4n) is 1.72. The highest BCUT2D eigenvalue weighted by molar-refractivity contribution is 5.77. The van der Waals surface area contributed by atoms with Gasteiger partial charge in [-0.25, -0.2) is 0 Å². The van der Waals surface area contributed by atoms with Crippen molar-refractivity contribution in [2.75, 3.05) is 32.8 Å². The summed E-state index contributed by atoms with van der Waals surface area (Å²) in [6.45, 7) is 7.61. The molecule has 1 rings (SSSR count). The summed E-state index contributed by atoms with van der Waals surface area (Å²) in [7, 11) is 0. The van der Waals surface area contributed by atoms with Crippen molar-refractivity contribution in [3.8, 4) is 11.8 Å². The highest BCUT2D eigenvalue weighted by Gasteiger charge is 2.04. The van der Waals surface area contributed by atoms with Gasteiger partial charge in [-0.1, -0.05) is 13.8 Å². The molecule has 1 amide bonds. The standard InChI is InChI=1S/C15H21N3O2/c1-3-18(4-2)10-9-17-15(19)12-20-14-7-5-13(11-16)6-8-14/h5-8H,3-4,9-10,12H2,1-2H3,(H,17,19).